The molecule has 0 radical (unpaired) electrons. The molecule has 2 aromatic carbocycles. The minimum absolute atomic E-state index is 0.157. The highest BCUT2D eigenvalue weighted by Gasteiger charge is 2.23. The van der Waals surface area contributed by atoms with Crippen molar-refractivity contribution in [2.24, 2.45) is 0 Å². The second kappa shape index (κ2) is 6.02. The summed E-state index contributed by atoms with van der Waals surface area (Å²) in [6.45, 7) is 3.85. The molecule has 0 N–H and O–H groups in total. The Morgan fingerprint density at radius 3 is 2.40 bits per heavy atom. The SMILES string of the molecule is Cc1ccc(C(C#N)C(=O)c2cccc(Br)c2C)cc1. The van der Waals surface area contributed by atoms with Crippen molar-refractivity contribution in [2.45, 2.75) is 19.8 Å². The van der Waals surface area contributed by atoms with Gasteiger partial charge in [-0.2, -0.15) is 5.26 Å². The van der Waals surface area contributed by atoms with Crippen LogP contribution in [0.5, 0.6) is 0 Å². The highest BCUT2D eigenvalue weighted by molar-refractivity contribution is 9.10. The summed E-state index contributed by atoms with van der Waals surface area (Å²) in [6, 6.07) is 15.1. The van der Waals surface area contributed by atoms with Crippen LogP contribution in [-0.4, -0.2) is 5.78 Å². The first-order valence-corrected chi connectivity index (χ1v) is 7.09. The van der Waals surface area contributed by atoms with E-state index >= 15 is 0 Å². The first kappa shape index (κ1) is 14.5. The van der Waals surface area contributed by atoms with Gasteiger partial charge in [-0.15, -0.1) is 0 Å². The molecule has 0 aromatic heterocycles. The standard InChI is InChI=1S/C17H14BrNO/c1-11-6-8-13(9-7-11)15(10-19)17(20)14-4-3-5-16(18)12(14)2/h3-9,15H,1-2H3. The molecule has 20 heavy (non-hydrogen) atoms. The molecular weight excluding hydrogens is 314 g/mol. The Morgan fingerprint density at radius 2 is 1.80 bits per heavy atom. The zero-order valence-corrected chi connectivity index (χ0v) is 12.9. The molecule has 2 nitrogen and oxygen atoms in total. The van der Waals surface area contributed by atoms with E-state index < -0.39 is 5.92 Å². The van der Waals surface area contributed by atoms with Gasteiger partial charge in [0, 0.05) is 10.0 Å². The number of ketones is 1. The topological polar surface area (TPSA) is 40.9 Å². The number of hydrogen-bond donors (Lipinski definition) is 0. The van der Waals surface area contributed by atoms with Gasteiger partial charge in [0.25, 0.3) is 0 Å². The van der Waals surface area contributed by atoms with E-state index in [4.69, 9.17) is 0 Å². The predicted octanol–water partition coefficient (Wildman–Crippen LogP) is 4.56. The summed E-state index contributed by atoms with van der Waals surface area (Å²) in [5.74, 6) is -0.918. The van der Waals surface area contributed by atoms with Crippen LogP contribution in [0.15, 0.2) is 46.9 Å². The number of benzene rings is 2. The number of halogens is 1. The molecule has 0 saturated carbocycles. The molecule has 100 valence electrons. The van der Waals surface area contributed by atoms with Crippen molar-refractivity contribution < 1.29 is 4.79 Å². The lowest BCUT2D eigenvalue weighted by Gasteiger charge is -2.12. The molecule has 0 bridgehead atoms. The zero-order chi connectivity index (χ0) is 14.7. The molecule has 0 saturated heterocycles. The quantitative estimate of drug-likeness (QED) is 0.775. The number of aryl methyl sites for hydroxylation is 1. The van der Waals surface area contributed by atoms with Crippen LogP contribution in [0.3, 0.4) is 0 Å². The molecule has 0 aliphatic carbocycles. The molecule has 0 aliphatic heterocycles. The third-order valence-electron chi connectivity index (χ3n) is 3.34. The molecule has 0 heterocycles. The van der Waals surface area contributed by atoms with E-state index in [9.17, 15) is 10.1 Å². The maximum Gasteiger partial charge on any atom is 0.184 e. The predicted molar refractivity (Wildman–Crippen MR) is 82.7 cm³/mol. The van der Waals surface area contributed by atoms with E-state index in [-0.39, 0.29) is 5.78 Å². The smallest absolute Gasteiger partial charge is 0.184 e. The zero-order valence-electron chi connectivity index (χ0n) is 11.4. The molecule has 1 unspecified atom stereocenters. The van der Waals surface area contributed by atoms with Gasteiger partial charge in [0.2, 0.25) is 0 Å². The molecule has 0 amide bonds. The number of carbonyl (C=O) groups is 1. The van der Waals surface area contributed by atoms with Gasteiger partial charge >= 0.3 is 0 Å². The molecule has 2 rings (SSSR count). The van der Waals surface area contributed by atoms with Crippen molar-refractivity contribution in [3.63, 3.8) is 0 Å². The number of nitrogens with zero attached hydrogens (tertiary/aromatic N) is 1. The maximum atomic E-state index is 12.6. The average molecular weight is 328 g/mol. The summed E-state index contributed by atoms with van der Waals surface area (Å²) < 4.78 is 0.879. The Kier molecular flexibility index (Phi) is 4.36. The fourth-order valence-corrected chi connectivity index (χ4v) is 2.44. The van der Waals surface area contributed by atoms with E-state index in [0.29, 0.717) is 5.56 Å². The minimum Gasteiger partial charge on any atom is -0.292 e. The van der Waals surface area contributed by atoms with Crippen molar-refractivity contribution in [1.82, 2.24) is 0 Å². The highest BCUT2D eigenvalue weighted by Crippen LogP contribution is 2.26. The van der Waals surface area contributed by atoms with Gasteiger partial charge in [-0.1, -0.05) is 57.9 Å². The van der Waals surface area contributed by atoms with E-state index in [1.54, 1.807) is 6.07 Å². The summed E-state index contributed by atoms with van der Waals surface area (Å²) in [5, 5.41) is 9.36. The Bertz CT molecular complexity index is 683. The third-order valence-corrected chi connectivity index (χ3v) is 4.19. The van der Waals surface area contributed by atoms with Gasteiger partial charge in [0.1, 0.15) is 5.92 Å². The Labute approximate surface area is 127 Å². The van der Waals surface area contributed by atoms with Crippen LogP contribution < -0.4 is 0 Å². The number of rotatable bonds is 3. The largest absolute Gasteiger partial charge is 0.292 e. The van der Waals surface area contributed by atoms with Gasteiger partial charge in [0.15, 0.2) is 5.78 Å². The van der Waals surface area contributed by atoms with Crippen molar-refractivity contribution in [2.75, 3.05) is 0 Å². The number of hydrogen-bond acceptors (Lipinski definition) is 2. The summed E-state index contributed by atoms with van der Waals surface area (Å²) in [7, 11) is 0. The van der Waals surface area contributed by atoms with Crippen LogP contribution in [0.1, 0.15) is 33.0 Å². The summed E-state index contributed by atoms with van der Waals surface area (Å²) in [5.41, 5.74) is 3.30. The van der Waals surface area contributed by atoms with Crippen molar-refractivity contribution in [3.05, 3.63) is 69.2 Å². The van der Waals surface area contributed by atoms with Gasteiger partial charge in [-0.25, -0.2) is 0 Å². The maximum absolute atomic E-state index is 12.6. The van der Waals surface area contributed by atoms with Crippen LogP contribution in [0.2, 0.25) is 0 Å². The van der Waals surface area contributed by atoms with Crippen LogP contribution >= 0.6 is 15.9 Å². The molecule has 0 aliphatic rings. The highest BCUT2D eigenvalue weighted by atomic mass is 79.9. The molecule has 0 spiro atoms. The van der Waals surface area contributed by atoms with E-state index in [2.05, 4.69) is 22.0 Å². The Balaban J connectivity index is 2.42. The number of nitriles is 1. The summed E-state index contributed by atoms with van der Waals surface area (Å²) in [4.78, 5) is 12.6. The summed E-state index contributed by atoms with van der Waals surface area (Å²) in [6.07, 6.45) is 0. The minimum atomic E-state index is -0.761. The van der Waals surface area contributed by atoms with Crippen LogP contribution in [-0.2, 0) is 0 Å². The van der Waals surface area contributed by atoms with Crippen molar-refractivity contribution >= 4 is 21.7 Å². The second-order valence-corrected chi connectivity index (χ2v) is 5.60. The lowest BCUT2D eigenvalue weighted by Crippen LogP contribution is -2.12. The lowest BCUT2D eigenvalue weighted by molar-refractivity contribution is 0.0978. The van der Waals surface area contributed by atoms with Crippen LogP contribution in [0.4, 0.5) is 0 Å². The molecule has 3 heteroatoms. The average Bonchev–Trinajstić information content (AvgIpc) is 2.44. The molecule has 1 atom stereocenters. The monoisotopic (exact) mass is 327 g/mol. The molecule has 2 aromatic rings. The Morgan fingerprint density at radius 1 is 1.15 bits per heavy atom. The van der Waals surface area contributed by atoms with Gasteiger partial charge in [0.05, 0.1) is 6.07 Å². The van der Waals surface area contributed by atoms with E-state index in [1.807, 2.05) is 50.2 Å². The molecular formula is C17H14BrNO. The Hall–Kier alpha value is -1.92. The van der Waals surface area contributed by atoms with Crippen LogP contribution in [0, 0.1) is 25.2 Å². The van der Waals surface area contributed by atoms with Crippen molar-refractivity contribution in [1.29, 1.82) is 5.26 Å². The van der Waals surface area contributed by atoms with Gasteiger partial charge in [-0.05, 0) is 31.0 Å². The first-order valence-electron chi connectivity index (χ1n) is 6.30. The van der Waals surface area contributed by atoms with E-state index in [0.717, 1.165) is 21.2 Å². The lowest BCUT2D eigenvalue weighted by atomic mass is 9.89. The summed E-state index contributed by atoms with van der Waals surface area (Å²) >= 11 is 3.42. The fraction of sp³-hybridized carbons (Fsp3) is 0.176. The van der Waals surface area contributed by atoms with Crippen LogP contribution in [0.25, 0.3) is 0 Å². The normalized spacial score (nSPS) is 11.7. The van der Waals surface area contributed by atoms with Gasteiger partial charge < -0.3 is 0 Å². The molecule has 0 fully saturated rings. The van der Waals surface area contributed by atoms with Gasteiger partial charge in [-0.3, -0.25) is 4.79 Å². The number of carbonyl (C=O) groups excluding carboxylic acids is 1. The van der Waals surface area contributed by atoms with Crippen molar-refractivity contribution in [3.8, 4) is 6.07 Å². The fourth-order valence-electron chi connectivity index (χ4n) is 2.07. The third kappa shape index (κ3) is 2.81. The second-order valence-electron chi connectivity index (χ2n) is 4.75. The van der Waals surface area contributed by atoms with E-state index in [1.165, 1.54) is 0 Å². The first-order chi connectivity index (χ1) is 9.54. The number of Topliss-reactive ketones (excluding diaryl/α,β-unsaturated/α-hetero) is 1.